The number of imidazole rings is 1. The minimum atomic E-state index is -1.10. The van der Waals surface area contributed by atoms with Crippen LogP contribution < -0.4 is 11.1 Å². The van der Waals surface area contributed by atoms with Crippen molar-refractivity contribution in [3.63, 3.8) is 0 Å². The number of amides is 1. The number of hydrogen-bond acceptors (Lipinski definition) is 7. The fraction of sp³-hybridized carbons (Fsp3) is 0.292. The third kappa shape index (κ3) is 4.67. The fourth-order valence-electron chi connectivity index (χ4n) is 3.92. The van der Waals surface area contributed by atoms with Gasteiger partial charge in [0.15, 0.2) is 0 Å². The van der Waals surface area contributed by atoms with E-state index in [0.717, 1.165) is 24.8 Å². The highest BCUT2D eigenvalue weighted by atomic mass is 16.4. The Kier molecular flexibility index (Phi) is 6.69. The summed E-state index contributed by atoms with van der Waals surface area (Å²) in [5.74, 6) is -0.394. The molecule has 0 aliphatic rings. The van der Waals surface area contributed by atoms with E-state index in [9.17, 15) is 14.7 Å². The predicted molar refractivity (Wildman–Crippen MR) is 127 cm³/mol. The van der Waals surface area contributed by atoms with Gasteiger partial charge in [0.2, 0.25) is 17.7 Å². The second-order valence-corrected chi connectivity index (χ2v) is 8.08. The van der Waals surface area contributed by atoms with Crippen molar-refractivity contribution in [1.82, 2.24) is 19.7 Å². The smallest absolute Gasteiger partial charge is 0.335 e. The molecule has 0 aliphatic heterocycles. The number of aromatic nitrogens is 4. The second kappa shape index (κ2) is 9.84. The van der Waals surface area contributed by atoms with Crippen LogP contribution in [0.2, 0.25) is 0 Å². The Balaban J connectivity index is 1.79. The number of nitrogens with one attached hydrogen (secondary N) is 1. The minimum Gasteiger partial charge on any atom is -0.478 e. The Morgan fingerprint density at radius 2 is 1.91 bits per heavy atom. The zero-order chi connectivity index (χ0) is 24.2. The van der Waals surface area contributed by atoms with Gasteiger partial charge >= 0.3 is 5.97 Å². The van der Waals surface area contributed by atoms with Crippen LogP contribution in [0.25, 0.3) is 22.5 Å². The van der Waals surface area contributed by atoms with Gasteiger partial charge in [-0.05, 0) is 56.6 Å². The van der Waals surface area contributed by atoms with Crippen molar-refractivity contribution in [3.8, 4) is 11.5 Å². The van der Waals surface area contributed by atoms with Gasteiger partial charge in [-0.2, -0.15) is 0 Å². The molecule has 0 bridgehead atoms. The SMILES string of the molecule is Cc1nnc(-c2cccc3nc(NC(=O)c4cccc(C(=O)O)c4)n(C(C)CCCCN)c23)o1. The largest absolute Gasteiger partial charge is 0.478 e. The van der Waals surface area contributed by atoms with E-state index in [1.54, 1.807) is 13.0 Å². The number of hydrogen-bond donors (Lipinski definition) is 3. The lowest BCUT2D eigenvalue weighted by atomic mass is 10.1. The fourth-order valence-corrected chi connectivity index (χ4v) is 3.92. The standard InChI is InChI=1S/C24H26N6O4/c1-14(7-3-4-12-25)30-20-18(22-29-28-15(2)34-22)10-6-11-19(20)26-24(30)27-21(31)16-8-5-9-17(13-16)23(32)33/h5-6,8-11,13-14H,3-4,7,12,25H2,1-2H3,(H,32,33)(H,26,27,31). The summed E-state index contributed by atoms with van der Waals surface area (Å²) in [5, 5.41) is 20.2. The van der Waals surface area contributed by atoms with Crippen LogP contribution in [-0.2, 0) is 0 Å². The van der Waals surface area contributed by atoms with Crippen LogP contribution in [0.4, 0.5) is 5.95 Å². The number of nitrogens with zero attached hydrogens (tertiary/aromatic N) is 4. The number of para-hydroxylation sites is 1. The van der Waals surface area contributed by atoms with Gasteiger partial charge in [0.1, 0.15) is 0 Å². The van der Waals surface area contributed by atoms with Gasteiger partial charge in [-0.25, -0.2) is 9.78 Å². The maximum absolute atomic E-state index is 13.0. The van der Waals surface area contributed by atoms with E-state index in [0.29, 0.717) is 35.4 Å². The van der Waals surface area contributed by atoms with Crippen LogP contribution in [0.15, 0.2) is 46.9 Å². The first-order valence-corrected chi connectivity index (χ1v) is 11.0. The summed E-state index contributed by atoms with van der Waals surface area (Å²) in [6.45, 7) is 4.38. The zero-order valence-electron chi connectivity index (χ0n) is 19.0. The summed E-state index contributed by atoms with van der Waals surface area (Å²) in [4.78, 5) is 29.0. The molecule has 4 N–H and O–H groups in total. The molecule has 2 heterocycles. The molecule has 0 saturated heterocycles. The van der Waals surface area contributed by atoms with E-state index in [1.165, 1.54) is 18.2 Å². The van der Waals surface area contributed by atoms with Gasteiger partial charge < -0.3 is 19.8 Å². The molecular formula is C24H26N6O4. The molecule has 1 unspecified atom stereocenters. The Labute approximate surface area is 195 Å². The quantitative estimate of drug-likeness (QED) is 0.316. The number of unbranched alkanes of at least 4 members (excludes halogenated alkanes) is 1. The number of aryl methyl sites for hydroxylation is 1. The number of fused-ring (bicyclic) bond motifs is 1. The van der Waals surface area contributed by atoms with Crippen molar-refractivity contribution in [2.24, 2.45) is 5.73 Å². The van der Waals surface area contributed by atoms with E-state index in [-0.39, 0.29) is 17.2 Å². The maximum atomic E-state index is 13.0. The lowest BCUT2D eigenvalue weighted by Gasteiger charge is -2.19. The molecule has 0 radical (unpaired) electrons. The average molecular weight is 463 g/mol. The number of aromatic carboxylic acids is 1. The number of benzene rings is 2. The number of carbonyl (C=O) groups is 2. The molecule has 0 saturated carbocycles. The summed E-state index contributed by atoms with van der Waals surface area (Å²) in [6.07, 6.45) is 2.61. The Morgan fingerprint density at radius 3 is 2.62 bits per heavy atom. The molecule has 2 aromatic carbocycles. The Bertz CT molecular complexity index is 1340. The number of nitrogens with two attached hydrogens (primary N) is 1. The molecule has 34 heavy (non-hydrogen) atoms. The van der Waals surface area contributed by atoms with E-state index in [4.69, 9.17) is 10.2 Å². The van der Waals surface area contributed by atoms with Gasteiger partial charge in [-0.15, -0.1) is 10.2 Å². The molecule has 1 atom stereocenters. The topological polar surface area (TPSA) is 149 Å². The van der Waals surface area contributed by atoms with Gasteiger partial charge in [-0.3, -0.25) is 10.1 Å². The van der Waals surface area contributed by atoms with Gasteiger partial charge in [-0.1, -0.05) is 18.6 Å². The van der Waals surface area contributed by atoms with Crippen LogP contribution in [0.1, 0.15) is 58.8 Å². The summed E-state index contributed by atoms with van der Waals surface area (Å²) in [5.41, 5.74) is 8.07. The first-order valence-electron chi connectivity index (χ1n) is 11.0. The van der Waals surface area contributed by atoms with Crippen LogP contribution in [0.5, 0.6) is 0 Å². The van der Waals surface area contributed by atoms with Crippen molar-refractivity contribution in [2.45, 2.75) is 39.2 Å². The minimum absolute atomic E-state index is 0.0256. The number of carboxylic acid groups (broad SMARTS) is 1. The predicted octanol–water partition coefficient (Wildman–Crippen LogP) is 4.04. The lowest BCUT2D eigenvalue weighted by molar-refractivity contribution is 0.0697. The summed E-state index contributed by atoms with van der Waals surface area (Å²) >= 11 is 0. The molecule has 2 aromatic heterocycles. The number of carboxylic acids is 1. The number of carbonyl (C=O) groups excluding carboxylic acids is 1. The molecule has 176 valence electrons. The van der Waals surface area contributed by atoms with E-state index in [1.807, 2.05) is 29.7 Å². The number of rotatable bonds is 9. The molecule has 4 aromatic rings. The first-order chi connectivity index (χ1) is 16.4. The Hall–Kier alpha value is -4.05. The average Bonchev–Trinajstić information content (AvgIpc) is 3.42. The zero-order valence-corrected chi connectivity index (χ0v) is 19.0. The van der Waals surface area contributed by atoms with Gasteiger partial charge in [0, 0.05) is 18.5 Å². The van der Waals surface area contributed by atoms with Crippen molar-refractivity contribution >= 4 is 28.9 Å². The molecule has 4 rings (SSSR count). The molecule has 0 aliphatic carbocycles. The molecular weight excluding hydrogens is 436 g/mol. The third-order valence-corrected chi connectivity index (χ3v) is 5.58. The van der Waals surface area contributed by atoms with E-state index < -0.39 is 11.9 Å². The maximum Gasteiger partial charge on any atom is 0.335 e. The highest BCUT2D eigenvalue weighted by Crippen LogP contribution is 2.34. The highest BCUT2D eigenvalue weighted by Gasteiger charge is 2.23. The molecule has 1 amide bonds. The van der Waals surface area contributed by atoms with Crippen molar-refractivity contribution in [2.75, 3.05) is 11.9 Å². The molecule has 0 fully saturated rings. The molecule has 10 nitrogen and oxygen atoms in total. The van der Waals surface area contributed by atoms with Crippen molar-refractivity contribution in [3.05, 3.63) is 59.5 Å². The van der Waals surface area contributed by atoms with Crippen molar-refractivity contribution in [1.29, 1.82) is 0 Å². The lowest BCUT2D eigenvalue weighted by Crippen LogP contribution is -2.18. The highest BCUT2D eigenvalue weighted by molar-refractivity contribution is 6.06. The normalized spacial score (nSPS) is 12.1. The summed E-state index contributed by atoms with van der Waals surface area (Å²) in [7, 11) is 0. The van der Waals surface area contributed by atoms with Crippen LogP contribution in [0, 0.1) is 6.92 Å². The number of anilines is 1. The van der Waals surface area contributed by atoms with Gasteiger partial charge in [0.05, 0.1) is 22.2 Å². The molecule has 10 heteroatoms. The summed E-state index contributed by atoms with van der Waals surface area (Å²) in [6, 6.07) is 11.4. The third-order valence-electron chi connectivity index (χ3n) is 5.58. The van der Waals surface area contributed by atoms with Crippen LogP contribution in [-0.4, -0.2) is 43.3 Å². The van der Waals surface area contributed by atoms with Gasteiger partial charge in [0.25, 0.3) is 5.91 Å². The first kappa shape index (κ1) is 23.1. The van der Waals surface area contributed by atoms with E-state index >= 15 is 0 Å². The van der Waals surface area contributed by atoms with Crippen LogP contribution >= 0.6 is 0 Å². The van der Waals surface area contributed by atoms with Crippen LogP contribution in [0.3, 0.4) is 0 Å². The monoisotopic (exact) mass is 462 g/mol. The van der Waals surface area contributed by atoms with Crippen molar-refractivity contribution < 1.29 is 19.1 Å². The molecule has 0 spiro atoms. The summed E-state index contributed by atoms with van der Waals surface area (Å²) < 4.78 is 7.64. The Morgan fingerprint density at radius 1 is 1.15 bits per heavy atom. The second-order valence-electron chi connectivity index (χ2n) is 8.08. The van der Waals surface area contributed by atoms with E-state index in [2.05, 4.69) is 20.5 Å².